The number of hydrogen-bond donors (Lipinski definition) is 1. The van der Waals surface area contributed by atoms with Crippen molar-refractivity contribution in [2.24, 2.45) is 5.92 Å². The average molecular weight is 220 g/mol. The Bertz CT molecular complexity index is 327. The zero-order valence-corrected chi connectivity index (χ0v) is 10.1. The van der Waals surface area contributed by atoms with Gasteiger partial charge in [0.15, 0.2) is 0 Å². The minimum absolute atomic E-state index is 0.189. The molecule has 0 heterocycles. The second-order valence-electron chi connectivity index (χ2n) is 4.35. The Hall–Kier alpha value is -1.31. The maximum absolute atomic E-state index is 11.0. The molecule has 0 radical (unpaired) electrons. The third kappa shape index (κ3) is 4.05. The average Bonchev–Trinajstić information content (AvgIpc) is 2.26. The van der Waals surface area contributed by atoms with Crippen molar-refractivity contribution in [2.75, 3.05) is 0 Å². The molecule has 0 spiro atoms. The van der Waals surface area contributed by atoms with Gasteiger partial charge in [0.1, 0.15) is 0 Å². The first kappa shape index (κ1) is 12.8. The number of aliphatic carboxylic acids is 1. The molecule has 1 aromatic rings. The van der Waals surface area contributed by atoms with Gasteiger partial charge in [-0.1, -0.05) is 43.2 Å². The quantitative estimate of drug-likeness (QED) is 0.797. The van der Waals surface area contributed by atoms with E-state index in [1.807, 2.05) is 6.92 Å². The van der Waals surface area contributed by atoms with Crippen molar-refractivity contribution in [3.05, 3.63) is 35.4 Å². The molecule has 0 amide bonds. The highest BCUT2D eigenvalue weighted by Gasteiger charge is 2.15. The molecule has 0 saturated heterocycles. The molecule has 0 aliphatic heterocycles. The van der Waals surface area contributed by atoms with Crippen LogP contribution in [0.5, 0.6) is 0 Å². The predicted octanol–water partition coefficient (Wildman–Crippen LogP) is 3.43. The number of rotatable bonds is 6. The van der Waals surface area contributed by atoms with E-state index in [2.05, 4.69) is 31.2 Å². The first-order valence-electron chi connectivity index (χ1n) is 5.91. The summed E-state index contributed by atoms with van der Waals surface area (Å²) in [5.74, 6) is -0.847. The second-order valence-corrected chi connectivity index (χ2v) is 4.35. The molecule has 88 valence electrons. The van der Waals surface area contributed by atoms with Gasteiger partial charge < -0.3 is 5.11 Å². The normalized spacial score (nSPS) is 12.4. The topological polar surface area (TPSA) is 37.3 Å². The molecule has 0 bridgehead atoms. The second kappa shape index (κ2) is 6.31. The van der Waals surface area contributed by atoms with E-state index in [0.717, 1.165) is 25.7 Å². The van der Waals surface area contributed by atoms with E-state index >= 15 is 0 Å². The number of aryl methyl sites for hydroxylation is 2. The number of carboxylic acids is 1. The van der Waals surface area contributed by atoms with Crippen molar-refractivity contribution in [2.45, 2.75) is 39.5 Å². The Balaban J connectivity index is 2.48. The highest BCUT2D eigenvalue weighted by Crippen LogP contribution is 2.15. The van der Waals surface area contributed by atoms with Gasteiger partial charge in [0.25, 0.3) is 0 Å². The SMILES string of the molecule is CCCC(CCc1ccc(C)cc1)C(=O)O. The van der Waals surface area contributed by atoms with Crippen LogP contribution in [-0.2, 0) is 11.2 Å². The number of carbonyl (C=O) groups is 1. The Kier molecular flexibility index (Phi) is 5.03. The van der Waals surface area contributed by atoms with Crippen LogP contribution in [0.4, 0.5) is 0 Å². The van der Waals surface area contributed by atoms with Crippen LogP contribution in [0.25, 0.3) is 0 Å². The van der Waals surface area contributed by atoms with Crippen LogP contribution in [0.1, 0.15) is 37.3 Å². The third-order valence-corrected chi connectivity index (χ3v) is 2.89. The fraction of sp³-hybridized carbons (Fsp3) is 0.500. The van der Waals surface area contributed by atoms with E-state index in [1.54, 1.807) is 0 Å². The summed E-state index contributed by atoms with van der Waals surface area (Å²) >= 11 is 0. The van der Waals surface area contributed by atoms with Crippen LogP contribution in [0.3, 0.4) is 0 Å². The summed E-state index contributed by atoms with van der Waals surface area (Å²) < 4.78 is 0. The molecule has 0 aliphatic rings. The van der Waals surface area contributed by atoms with Gasteiger partial charge in [-0.2, -0.15) is 0 Å². The van der Waals surface area contributed by atoms with Crippen molar-refractivity contribution < 1.29 is 9.90 Å². The molecule has 1 aromatic carbocycles. The fourth-order valence-electron chi connectivity index (χ4n) is 1.84. The molecule has 2 heteroatoms. The van der Waals surface area contributed by atoms with E-state index in [-0.39, 0.29) is 5.92 Å². The molecule has 0 fully saturated rings. The van der Waals surface area contributed by atoms with Crippen molar-refractivity contribution in [1.29, 1.82) is 0 Å². The van der Waals surface area contributed by atoms with E-state index in [1.165, 1.54) is 11.1 Å². The Morgan fingerprint density at radius 3 is 2.38 bits per heavy atom. The number of carboxylic acid groups (broad SMARTS) is 1. The smallest absolute Gasteiger partial charge is 0.306 e. The lowest BCUT2D eigenvalue weighted by atomic mass is 9.95. The highest BCUT2D eigenvalue weighted by molar-refractivity contribution is 5.69. The number of benzene rings is 1. The molecule has 1 atom stereocenters. The van der Waals surface area contributed by atoms with E-state index in [0.29, 0.717) is 0 Å². The van der Waals surface area contributed by atoms with E-state index in [4.69, 9.17) is 5.11 Å². The summed E-state index contributed by atoms with van der Waals surface area (Å²) in [4.78, 5) is 11.0. The molecule has 0 saturated carbocycles. The summed E-state index contributed by atoms with van der Waals surface area (Å²) in [5, 5.41) is 9.03. The molecule has 1 rings (SSSR count). The van der Waals surface area contributed by atoms with Gasteiger partial charge in [-0.25, -0.2) is 0 Å². The monoisotopic (exact) mass is 220 g/mol. The van der Waals surface area contributed by atoms with Crippen LogP contribution in [-0.4, -0.2) is 11.1 Å². The molecule has 16 heavy (non-hydrogen) atoms. The largest absolute Gasteiger partial charge is 0.481 e. The molecule has 2 nitrogen and oxygen atoms in total. The standard InChI is InChI=1S/C14H20O2/c1-3-4-13(14(15)16)10-9-12-7-5-11(2)6-8-12/h5-8,13H,3-4,9-10H2,1-2H3,(H,15,16). The van der Waals surface area contributed by atoms with Crippen LogP contribution in [0.2, 0.25) is 0 Å². The first-order valence-corrected chi connectivity index (χ1v) is 5.91. The van der Waals surface area contributed by atoms with Crippen molar-refractivity contribution in [1.82, 2.24) is 0 Å². The van der Waals surface area contributed by atoms with Crippen molar-refractivity contribution >= 4 is 5.97 Å². The molecule has 1 N–H and O–H groups in total. The Labute approximate surface area is 97.3 Å². The van der Waals surface area contributed by atoms with Gasteiger partial charge in [0.05, 0.1) is 5.92 Å². The molecule has 0 aromatic heterocycles. The molecule has 0 aliphatic carbocycles. The maximum atomic E-state index is 11.0. The van der Waals surface area contributed by atoms with Crippen LogP contribution >= 0.6 is 0 Å². The lowest BCUT2D eigenvalue weighted by Crippen LogP contribution is -2.14. The van der Waals surface area contributed by atoms with E-state index in [9.17, 15) is 4.79 Å². The highest BCUT2D eigenvalue weighted by atomic mass is 16.4. The fourth-order valence-corrected chi connectivity index (χ4v) is 1.84. The molecule has 1 unspecified atom stereocenters. The molecular formula is C14H20O2. The summed E-state index contributed by atoms with van der Waals surface area (Å²) in [6.45, 7) is 4.09. The number of hydrogen-bond acceptors (Lipinski definition) is 1. The van der Waals surface area contributed by atoms with Crippen molar-refractivity contribution in [3.8, 4) is 0 Å². The van der Waals surface area contributed by atoms with Crippen LogP contribution in [0.15, 0.2) is 24.3 Å². The first-order chi connectivity index (χ1) is 7.63. The lowest BCUT2D eigenvalue weighted by molar-refractivity contribution is -0.142. The predicted molar refractivity (Wildman–Crippen MR) is 65.5 cm³/mol. The summed E-state index contributed by atoms with van der Waals surface area (Å²) in [7, 11) is 0. The zero-order chi connectivity index (χ0) is 12.0. The van der Waals surface area contributed by atoms with E-state index < -0.39 is 5.97 Å². The zero-order valence-electron chi connectivity index (χ0n) is 10.1. The van der Waals surface area contributed by atoms with Gasteiger partial charge in [0, 0.05) is 0 Å². The van der Waals surface area contributed by atoms with Gasteiger partial charge in [0.2, 0.25) is 0 Å². The Morgan fingerprint density at radius 2 is 1.88 bits per heavy atom. The van der Waals surface area contributed by atoms with Crippen LogP contribution in [0, 0.1) is 12.8 Å². The lowest BCUT2D eigenvalue weighted by Gasteiger charge is -2.10. The summed E-state index contributed by atoms with van der Waals surface area (Å²) in [6.07, 6.45) is 3.32. The third-order valence-electron chi connectivity index (χ3n) is 2.89. The van der Waals surface area contributed by atoms with Gasteiger partial charge in [-0.3, -0.25) is 4.79 Å². The van der Waals surface area contributed by atoms with Gasteiger partial charge >= 0.3 is 5.97 Å². The summed E-state index contributed by atoms with van der Waals surface area (Å²) in [5.41, 5.74) is 2.47. The van der Waals surface area contributed by atoms with Crippen LogP contribution < -0.4 is 0 Å². The van der Waals surface area contributed by atoms with Crippen molar-refractivity contribution in [3.63, 3.8) is 0 Å². The van der Waals surface area contributed by atoms with Gasteiger partial charge in [-0.15, -0.1) is 0 Å². The Morgan fingerprint density at radius 1 is 1.25 bits per heavy atom. The maximum Gasteiger partial charge on any atom is 0.306 e. The minimum atomic E-state index is -0.658. The van der Waals surface area contributed by atoms with Gasteiger partial charge in [-0.05, 0) is 31.7 Å². The minimum Gasteiger partial charge on any atom is -0.481 e. The summed E-state index contributed by atoms with van der Waals surface area (Å²) in [6, 6.07) is 8.32. The molecular weight excluding hydrogens is 200 g/mol.